The third-order valence-electron chi connectivity index (χ3n) is 2.75. The molecule has 0 fully saturated rings. The highest BCUT2D eigenvalue weighted by molar-refractivity contribution is 7.12. The largest absolute Gasteiger partial charge is 0.312 e. The number of hydrogen-bond acceptors (Lipinski definition) is 3. The Labute approximate surface area is 102 Å². The van der Waals surface area contributed by atoms with Crippen molar-refractivity contribution in [2.24, 2.45) is 5.41 Å². The quantitative estimate of drug-likeness (QED) is 0.795. The highest BCUT2D eigenvalue weighted by Gasteiger charge is 2.15. The van der Waals surface area contributed by atoms with E-state index in [1.165, 1.54) is 15.3 Å². The topological polar surface area (TPSA) is 35.8 Å². The number of nitriles is 1. The highest BCUT2D eigenvalue weighted by atomic mass is 32.1. The van der Waals surface area contributed by atoms with Crippen LogP contribution in [0.15, 0.2) is 6.07 Å². The molecular weight excluding hydrogens is 216 g/mol. The van der Waals surface area contributed by atoms with Gasteiger partial charge in [-0.05, 0) is 52.3 Å². The molecule has 0 saturated heterocycles. The van der Waals surface area contributed by atoms with Gasteiger partial charge >= 0.3 is 0 Å². The first kappa shape index (κ1) is 13.2. The van der Waals surface area contributed by atoms with Crippen LogP contribution in [0.2, 0.25) is 0 Å². The van der Waals surface area contributed by atoms with Crippen molar-refractivity contribution in [2.75, 3.05) is 6.54 Å². The fourth-order valence-corrected chi connectivity index (χ4v) is 2.43. The molecule has 88 valence electrons. The molecule has 16 heavy (non-hydrogen) atoms. The molecule has 0 aromatic carbocycles. The van der Waals surface area contributed by atoms with Gasteiger partial charge in [-0.25, -0.2) is 0 Å². The van der Waals surface area contributed by atoms with Crippen molar-refractivity contribution in [3.8, 4) is 6.07 Å². The normalized spacial score (nSPS) is 11.4. The van der Waals surface area contributed by atoms with Crippen LogP contribution in [0.3, 0.4) is 0 Å². The lowest BCUT2D eigenvalue weighted by molar-refractivity contribution is 0.433. The number of thiophene rings is 1. The standard InChI is InChI=1S/C13H20N2S/c1-10-7-12(16-11(10)2)8-15-6-5-13(3,4)9-14/h7,15H,5-6,8H2,1-4H3. The van der Waals surface area contributed by atoms with Crippen molar-refractivity contribution in [3.63, 3.8) is 0 Å². The maximum Gasteiger partial charge on any atom is 0.0684 e. The number of nitrogens with zero attached hydrogens (tertiary/aromatic N) is 1. The molecule has 0 bridgehead atoms. The van der Waals surface area contributed by atoms with E-state index in [9.17, 15) is 0 Å². The van der Waals surface area contributed by atoms with Gasteiger partial charge in [0.2, 0.25) is 0 Å². The van der Waals surface area contributed by atoms with E-state index in [2.05, 4.69) is 31.3 Å². The summed E-state index contributed by atoms with van der Waals surface area (Å²) < 4.78 is 0. The number of aryl methyl sites for hydroxylation is 2. The second-order valence-electron chi connectivity index (χ2n) is 4.87. The Bertz CT molecular complexity index is 366. The molecule has 1 heterocycles. The molecule has 0 aliphatic rings. The van der Waals surface area contributed by atoms with Gasteiger partial charge in [-0.1, -0.05) is 0 Å². The maximum atomic E-state index is 8.87. The molecule has 1 aromatic rings. The maximum absolute atomic E-state index is 8.87. The van der Waals surface area contributed by atoms with E-state index in [-0.39, 0.29) is 5.41 Å². The Morgan fingerprint density at radius 2 is 2.12 bits per heavy atom. The average Bonchev–Trinajstić information content (AvgIpc) is 2.54. The van der Waals surface area contributed by atoms with Crippen LogP contribution >= 0.6 is 11.3 Å². The van der Waals surface area contributed by atoms with Crippen LogP contribution < -0.4 is 5.32 Å². The lowest BCUT2D eigenvalue weighted by Crippen LogP contribution is -2.20. The predicted octanol–water partition coefficient (Wildman–Crippen LogP) is 3.39. The molecular formula is C13H20N2S. The Morgan fingerprint density at radius 3 is 2.62 bits per heavy atom. The molecule has 2 nitrogen and oxygen atoms in total. The molecule has 0 radical (unpaired) electrons. The van der Waals surface area contributed by atoms with E-state index in [0.29, 0.717) is 0 Å². The third kappa shape index (κ3) is 3.96. The second kappa shape index (κ2) is 5.47. The zero-order chi connectivity index (χ0) is 12.2. The van der Waals surface area contributed by atoms with Gasteiger partial charge in [0, 0.05) is 16.3 Å². The molecule has 1 N–H and O–H groups in total. The number of hydrogen-bond donors (Lipinski definition) is 1. The van der Waals surface area contributed by atoms with Crippen molar-refractivity contribution in [1.82, 2.24) is 5.32 Å². The van der Waals surface area contributed by atoms with Crippen LogP contribution in [0.5, 0.6) is 0 Å². The highest BCUT2D eigenvalue weighted by Crippen LogP contribution is 2.21. The molecule has 0 spiro atoms. The molecule has 0 atom stereocenters. The van der Waals surface area contributed by atoms with E-state index in [1.807, 2.05) is 25.2 Å². The summed E-state index contributed by atoms with van der Waals surface area (Å²) >= 11 is 1.85. The van der Waals surface area contributed by atoms with Crippen molar-refractivity contribution in [2.45, 2.75) is 40.7 Å². The van der Waals surface area contributed by atoms with Crippen molar-refractivity contribution < 1.29 is 0 Å². The monoisotopic (exact) mass is 236 g/mol. The van der Waals surface area contributed by atoms with Gasteiger partial charge in [0.1, 0.15) is 0 Å². The summed E-state index contributed by atoms with van der Waals surface area (Å²) in [6.07, 6.45) is 0.896. The number of nitrogens with one attached hydrogen (secondary N) is 1. The van der Waals surface area contributed by atoms with Crippen molar-refractivity contribution in [3.05, 3.63) is 21.4 Å². The van der Waals surface area contributed by atoms with E-state index in [4.69, 9.17) is 5.26 Å². The fourth-order valence-electron chi connectivity index (χ4n) is 1.41. The van der Waals surface area contributed by atoms with Gasteiger partial charge in [-0.2, -0.15) is 5.26 Å². The smallest absolute Gasteiger partial charge is 0.0684 e. The number of rotatable bonds is 5. The minimum atomic E-state index is -0.214. The molecule has 0 aliphatic heterocycles. The summed E-state index contributed by atoms with van der Waals surface area (Å²) in [7, 11) is 0. The van der Waals surface area contributed by atoms with Crippen molar-refractivity contribution >= 4 is 11.3 Å². The van der Waals surface area contributed by atoms with Gasteiger partial charge in [0.05, 0.1) is 11.5 Å². The van der Waals surface area contributed by atoms with E-state index < -0.39 is 0 Å². The lowest BCUT2D eigenvalue weighted by atomic mass is 9.91. The van der Waals surface area contributed by atoms with Crippen molar-refractivity contribution in [1.29, 1.82) is 5.26 Å². The van der Waals surface area contributed by atoms with Gasteiger partial charge < -0.3 is 5.32 Å². The van der Waals surface area contributed by atoms with Gasteiger partial charge in [-0.15, -0.1) is 11.3 Å². The molecule has 0 unspecified atom stereocenters. The van der Waals surface area contributed by atoms with Gasteiger partial charge in [0.15, 0.2) is 0 Å². The molecule has 1 rings (SSSR count). The summed E-state index contributed by atoms with van der Waals surface area (Å²) in [5.74, 6) is 0. The summed E-state index contributed by atoms with van der Waals surface area (Å²) in [4.78, 5) is 2.78. The Morgan fingerprint density at radius 1 is 1.44 bits per heavy atom. The molecule has 0 aliphatic carbocycles. The van der Waals surface area contributed by atoms with Gasteiger partial charge in [0.25, 0.3) is 0 Å². The van der Waals surface area contributed by atoms with E-state index in [1.54, 1.807) is 0 Å². The fraction of sp³-hybridized carbons (Fsp3) is 0.615. The second-order valence-corrected chi connectivity index (χ2v) is 6.22. The zero-order valence-electron chi connectivity index (χ0n) is 10.6. The van der Waals surface area contributed by atoms with Crippen LogP contribution in [-0.2, 0) is 6.54 Å². The molecule has 0 amide bonds. The summed E-state index contributed by atoms with van der Waals surface area (Å²) in [5.41, 5.74) is 1.16. The van der Waals surface area contributed by atoms with Crippen LogP contribution in [0.4, 0.5) is 0 Å². The first-order valence-corrected chi connectivity index (χ1v) is 6.44. The van der Waals surface area contributed by atoms with Crippen LogP contribution in [0.25, 0.3) is 0 Å². The third-order valence-corrected chi connectivity index (χ3v) is 3.90. The first-order valence-electron chi connectivity index (χ1n) is 5.62. The Kier molecular flexibility index (Phi) is 4.52. The minimum absolute atomic E-state index is 0.214. The lowest BCUT2D eigenvalue weighted by Gasteiger charge is -2.14. The average molecular weight is 236 g/mol. The zero-order valence-corrected chi connectivity index (χ0v) is 11.4. The SMILES string of the molecule is Cc1cc(CNCCC(C)(C)C#N)sc1C. The first-order chi connectivity index (χ1) is 7.44. The van der Waals surface area contributed by atoms with Crippen LogP contribution in [0, 0.1) is 30.6 Å². The predicted molar refractivity (Wildman–Crippen MR) is 69.5 cm³/mol. The minimum Gasteiger partial charge on any atom is -0.312 e. The van der Waals surface area contributed by atoms with Crippen LogP contribution in [0.1, 0.15) is 35.6 Å². The van der Waals surface area contributed by atoms with E-state index >= 15 is 0 Å². The molecule has 0 saturated carbocycles. The summed E-state index contributed by atoms with van der Waals surface area (Å²) in [5, 5.41) is 12.3. The van der Waals surface area contributed by atoms with E-state index in [0.717, 1.165) is 19.5 Å². The summed E-state index contributed by atoms with van der Waals surface area (Å²) in [6, 6.07) is 4.55. The summed E-state index contributed by atoms with van der Waals surface area (Å²) in [6.45, 7) is 10.1. The van der Waals surface area contributed by atoms with Gasteiger partial charge in [-0.3, -0.25) is 0 Å². The Hall–Kier alpha value is -0.850. The Balaban J connectivity index is 2.29. The van der Waals surface area contributed by atoms with Crippen LogP contribution in [-0.4, -0.2) is 6.54 Å². The molecule has 3 heteroatoms. The molecule has 1 aromatic heterocycles.